The number of nitrogens with zero attached hydrogens (tertiary/aromatic N) is 4. The molecule has 134 valence electrons. The van der Waals surface area contributed by atoms with E-state index in [9.17, 15) is 9.90 Å². The highest BCUT2D eigenvalue weighted by atomic mass is 16.4. The molecule has 0 spiro atoms. The van der Waals surface area contributed by atoms with Crippen LogP contribution < -0.4 is 10.3 Å². The first kappa shape index (κ1) is 17.4. The molecule has 0 aliphatic rings. The molecule has 1 aromatic carbocycles. The van der Waals surface area contributed by atoms with Crippen molar-refractivity contribution in [2.45, 2.75) is 13.8 Å². The summed E-state index contributed by atoms with van der Waals surface area (Å²) in [4.78, 5) is 25.0. The Labute approximate surface area is 150 Å². The van der Waals surface area contributed by atoms with Gasteiger partial charge in [-0.3, -0.25) is 5.43 Å². The summed E-state index contributed by atoms with van der Waals surface area (Å²) in [5, 5.41) is 14.2. The molecule has 0 aliphatic carbocycles. The van der Waals surface area contributed by atoms with E-state index in [-0.39, 0.29) is 5.56 Å². The summed E-state index contributed by atoms with van der Waals surface area (Å²) < 4.78 is 0. The maximum absolute atomic E-state index is 11.4. The third-order valence-corrected chi connectivity index (χ3v) is 4.09. The third kappa shape index (κ3) is 3.49. The zero-order chi connectivity index (χ0) is 18.5. The maximum atomic E-state index is 11.4. The fraction of sp³-hybridized carbons (Fsp3) is 0.222. The Morgan fingerprint density at radius 1 is 1.35 bits per heavy atom. The molecule has 0 unspecified atom stereocenters. The first-order valence-electron chi connectivity index (χ1n) is 8.33. The Morgan fingerprint density at radius 3 is 2.88 bits per heavy atom. The minimum absolute atomic E-state index is 0.232. The van der Waals surface area contributed by atoms with Gasteiger partial charge in [0.25, 0.3) is 0 Å². The molecule has 8 nitrogen and oxygen atoms in total. The molecule has 0 atom stereocenters. The normalized spacial score (nSPS) is 11.2. The van der Waals surface area contributed by atoms with Crippen molar-refractivity contribution >= 4 is 34.7 Å². The van der Waals surface area contributed by atoms with Gasteiger partial charge in [-0.2, -0.15) is 5.10 Å². The Morgan fingerprint density at radius 2 is 2.15 bits per heavy atom. The Balaban J connectivity index is 1.83. The van der Waals surface area contributed by atoms with E-state index in [1.807, 2.05) is 12.1 Å². The predicted octanol–water partition coefficient (Wildman–Crippen LogP) is 2.95. The highest BCUT2D eigenvalue weighted by Gasteiger charge is 2.12. The molecule has 0 radical (unpaired) electrons. The van der Waals surface area contributed by atoms with E-state index in [2.05, 4.69) is 44.2 Å². The highest BCUT2D eigenvalue weighted by Crippen LogP contribution is 2.21. The minimum Gasteiger partial charge on any atom is -0.478 e. The molecule has 0 aliphatic heterocycles. The summed E-state index contributed by atoms with van der Waals surface area (Å²) in [7, 11) is 0. The summed E-state index contributed by atoms with van der Waals surface area (Å²) >= 11 is 0. The highest BCUT2D eigenvalue weighted by molar-refractivity contribution is 6.10. The average molecular weight is 352 g/mol. The van der Waals surface area contributed by atoms with Crippen molar-refractivity contribution < 1.29 is 9.90 Å². The van der Waals surface area contributed by atoms with Crippen molar-refractivity contribution in [3.63, 3.8) is 0 Å². The van der Waals surface area contributed by atoms with Gasteiger partial charge in [0.05, 0.1) is 11.8 Å². The monoisotopic (exact) mass is 352 g/mol. The summed E-state index contributed by atoms with van der Waals surface area (Å²) in [5.41, 5.74) is 4.53. The number of hydrazone groups is 1. The molecule has 26 heavy (non-hydrogen) atoms. The van der Waals surface area contributed by atoms with Crippen LogP contribution in [-0.4, -0.2) is 45.3 Å². The topological polar surface area (TPSA) is 106 Å². The van der Waals surface area contributed by atoms with E-state index in [1.165, 1.54) is 6.33 Å². The summed E-state index contributed by atoms with van der Waals surface area (Å²) in [6.45, 7) is 5.83. The van der Waals surface area contributed by atoms with Gasteiger partial charge in [-0.05, 0) is 26.0 Å². The number of H-pyrrole nitrogens is 1. The summed E-state index contributed by atoms with van der Waals surface area (Å²) in [5.74, 6) is 0.414. The first-order valence-corrected chi connectivity index (χ1v) is 8.33. The molecule has 3 rings (SSSR count). The molecule has 2 aromatic heterocycles. The number of aromatic amines is 1. The maximum Gasteiger partial charge on any atom is 0.336 e. The van der Waals surface area contributed by atoms with Crippen LogP contribution in [0.5, 0.6) is 0 Å². The van der Waals surface area contributed by atoms with Crippen molar-refractivity contribution in [2.24, 2.45) is 5.10 Å². The second-order valence-electron chi connectivity index (χ2n) is 5.58. The number of anilines is 2. The second kappa shape index (κ2) is 7.64. The van der Waals surface area contributed by atoms with E-state index in [4.69, 9.17) is 0 Å². The SMILES string of the molecule is CCN(CC)c1cc(N/N=C/c2c[nH]c3cccc(C(=O)O)c23)ncn1. The number of benzene rings is 1. The number of hydrogen-bond acceptors (Lipinski definition) is 6. The summed E-state index contributed by atoms with van der Waals surface area (Å²) in [6.07, 6.45) is 4.79. The minimum atomic E-state index is -0.975. The largest absolute Gasteiger partial charge is 0.478 e. The predicted molar refractivity (Wildman–Crippen MR) is 102 cm³/mol. The second-order valence-corrected chi connectivity index (χ2v) is 5.58. The van der Waals surface area contributed by atoms with Gasteiger partial charge in [0.2, 0.25) is 0 Å². The Bertz CT molecular complexity index is 946. The number of carboxylic acid groups (broad SMARTS) is 1. The standard InChI is InChI=1S/C18H20N6O2/c1-3-24(4-2)16-8-15(20-11-21-16)23-22-10-12-9-19-14-7-5-6-13(17(12)14)18(25)26/h5-11,19H,3-4H2,1-2H3,(H,25,26)(H,20,21,23)/b22-10+. The zero-order valence-corrected chi connectivity index (χ0v) is 14.6. The Hall–Kier alpha value is -3.42. The number of aromatic carboxylic acids is 1. The number of hydrogen-bond donors (Lipinski definition) is 3. The quantitative estimate of drug-likeness (QED) is 0.446. The lowest BCUT2D eigenvalue weighted by Gasteiger charge is -2.19. The molecule has 2 heterocycles. The average Bonchev–Trinajstić information content (AvgIpc) is 3.06. The van der Waals surface area contributed by atoms with Gasteiger partial charge in [-0.1, -0.05) is 6.07 Å². The van der Waals surface area contributed by atoms with Crippen LogP contribution in [0.3, 0.4) is 0 Å². The van der Waals surface area contributed by atoms with Gasteiger partial charge in [-0.25, -0.2) is 14.8 Å². The number of aromatic nitrogens is 3. The molecule has 0 saturated carbocycles. The third-order valence-electron chi connectivity index (χ3n) is 4.09. The van der Waals surface area contributed by atoms with Crippen LogP contribution >= 0.6 is 0 Å². The molecule has 0 fully saturated rings. The molecular formula is C18H20N6O2. The smallest absolute Gasteiger partial charge is 0.336 e. The van der Waals surface area contributed by atoms with Crippen LogP contribution in [-0.2, 0) is 0 Å². The van der Waals surface area contributed by atoms with Crippen LogP contribution in [0.15, 0.2) is 41.9 Å². The van der Waals surface area contributed by atoms with Gasteiger partial charge in [0.15, 0.2) is 5.82 Å². The fourth-order valence-electron chi connectivity index (χ4n) is 2.79. The number of fused-ring (bicyclic) bond motifs is 1. The van der Waals surface area contributed by atoms with Crippen molar-refractivity contribution in [1.82, 2.24) is 15.0 Å². The number of carbonyl (C=O) groups is 1. The van der Waals surface area contributed by atoms with Crippen LogP contribution in [0, 0.1) is 0 Å². The molecule has 0 amide bonds. The lowest BCUT2D eigenvalue weighted by Crippen LogP contribution is -2.23. The van der Waals surface area contributed by atoms with Crippen LogP contribution in [0.2, 0.25) is 0 Å². The fourth-order valence-corrected chi connectivity index (χ4v) is 2.79. The lowest BCUT2D eigenvalue weighted by atomic mass is 10.1. The van der Waals surface area contributed by atoms with Gasteiger partial charge >= 0.3 is 5.97 Å². The van der Waals surface area contributed by atoms with Crippen molar-refractivity contribution in [1.29, 1.82) is 0 Å². The van der Waals surface area contributed by atoms with Gasteiger partial charge in [0, 0.05) is 41.8 Å². The van der Waals surface area contributed by atoms with Gasteiger partial charge in [0.1, 0.15) is 12.1 Å². The molecule has 8 heteroatoms. The van der Waals surface area contributed by atoms with E-state index in [1.54, 1.807) is 24.5 Å². The zero-order valence-electron chi connectivity index (χ0n) is 14.6. The van der Waals surface area contributed by atoms with E-state index in [0.29, 0.717) is 16.8 Å². The lowest BCUT2D eigenvalue weighted by molar-refractivity contribution is 0.0699. The summed E-state index contributed by atoms with van der Waals surface area (Å²) in [6, 6.07) is 6.93. The van der Waals surface area contributed by atoms with E-state index < -0.39 is 5.97 Å². The van der Waals surface area contributed by atoms with Crippen molar-refractivity contribution in [2.75, 3.05) is 23.4 Å². The van der Waals surface area contributed by atoms with Gasteiger partial charge in [-0.15, -0.1) is 0 Å². The molecule has 0 saturated heterocycles. The molecule has 0 bridgehead atoms. The van der Waals surface area contributed by atoms with E-state index >= 15 is 0 Å². The van der Waals surface area contributed by atoms with Gasteiger partial charge < -0.3 is 15.0 Å². The number of carboxylic acids is 1. The van der Waals surface area contributed by atoms with Crippen LogP contribution in [0.25, 0.3) is 10.9 Å². The first-order chi connectivity index (χ1) is 12.6. The van der Waals surface area contributed by atoms with Crippen LogP contribution in [0.4, 0.5) is 11.6 Å². The number of rotatable bonds is 7. The molecular weight excluding hydrogens is 332 g/mol. The molecule has 3 N–H and O–H groups in total. The van der Waals surface area contributed by atoms with Crippen molar-refractivity contribution in [3.05, 3.63) is 47.9 Å². The molecule has 3 aromatic rings. The number of nitrogens with one attached hydrogen (secondary N) is 2. The van der Waals surface area contributed by atoms with E-state index in [0.717, 1.165) is 24.4 Å². The van der Waals surface area contributed by atoms with Crippen molar-refractivity contribution in [3.8, 4) is 0 Å². The van der Waals surface area contributed by atoms with Crippen LogP contribution in [0.1, 0.15) is 29.8 Å². The Kier molecular flexibility index (Phi) is 5.12.